The Labute approximate surface area is 149 Å². The van der Waals surface area contributed by atoms with Crippen molar-refractivity contribution in [2.45, 2.75) is 26.4 Å². The highest BCUT2D eigenvalue weighted by Crippen LogP contribution is 2.14. The number of piperazine rings is 1. The van der Waals surface area contributed by atoms with Gasteiger partial charge in [0.15, 0.2) is 0 Å². The Bertz CT molecular complexity index is 679. The molecule has 1 aromatic carbocycles. The van der Waals surface area contributed by atoms with Gasteiger partial charge in [0.2, 0.25) is 0 Å². The van der Waals surface area contributed by atoms with Gasteiger partial charge in [-0.2, -0.15) is 0 Å². The van der Waals surface area contributed by atoms with Gasteiger partial charge in [-0.3, -0.25) is 9.88 Å². The lowest BCUT2D eigenvalue weighted by molar-refractivity contribution is 0.133. The first-order valence-corrected chi connectivity index (χ1v) is 8.86. The molecule has 2 heterocycles. The Balaban J connectivity index is 1.47. The van der Waals surface area contributed by atoms with E-state index >= 15 is 0 Å². The fraction of sp³-hybridized carbons (Fsp3) is 0.400. The van der Waals surface area contributed by atoms with E-state index in [0.29, 0.717) is 0 Å². The van der Waals surface area contributed by atoms with E-state index in [0.717, 1.165) is 44.0 Å². The molecule has 1 aromatic heterocycles. The number of carbonyl (C=O) groups is 1. The molecule has 132 valence electrons. The van der Waals surface area contributed by atoms with Crippen LogP contribution in [0.25, 0.3) is 0 Å². The maximum Gasteiger partial charge on any atom is 0.317 e. The molecule has 1 atom stereocenters. The van der Waals surface area contributed by atoms with Crippen LogP contribution in [-0.2, 0) is 6.54 Å². The van der Waals surface area contributed by atoms with Crippen LogP contribution in [0.3, 0.4) is 0 Å². The van der Waals surface area contributed by atoms with Crippen molar-refractivity contribution in [1.82, 2.24) is 20.1 Å². The van der Waals surface area contributed by atoms with Crippen LogP contribution in [0.2, 0.25) is 0 Å². The van der Waals surface area contributed by atoms with Gasteiger partial charge >= 0.3 is 6.03 Å². The van der Waals surface area contributed by atoms with E-state index in [1.807, 2.05) is 36.2 Å². The van der Waals surface area contributed by atoms with Gasteiger partial charge in [-0.15, -0.1) is 0 Å². The molecule has 2 aromatic rings. The van der Waals surface area contributed by atoms with Crippen LogP contribution >= 0.6 is 0 Å². The quantitative estimate of drug-likeness (QED) is 0.932. The van der Waals surface area contributed by atoms with E-state index in [-0.39, 0.29) is 12.1 Å². The highest BCUT2D eigenvalue weighted by atomic mass is 16.2. The molecule has 5 nitrogen and oxygen atoms in total. The molecule has 5 heteroatoms. The van der Waals surface area contributed by atoms with Gasteiger partial charge in [-0.05, 0) is 31.5 Å². The predicted molar refractivity (Wildman–Crippen MR) is 99.2 cm³/mol. The van der Waals surface area contributed by atoms with E-state index in [1.165, 1.54) is 5.56 Å². The molecule has 0 aliphatic carbocycles. The molecule has 1 aliphatic heterocycles. The lowest BCUT2D eigenvalue weighted by atomic mass is 10.1. The molecule has 0 spiro atoms. The SMILES string of the molecule is Cc1ccc([C@H](C)NC(=O)N2CCN(Cc3ccccn3)CC2)cc1. The first-order valence-electron chi connectivity index (χ1n) is 8.86. The third-order valence-corrected chi connectivity index (χ3v) is 4.69. The zero-order valence-electron chi connectivity index (χ0n) is 15.0. The van der Waals surface area contributed by atoms with E-state index in [9.17, 15) is 4.79 Å². The molecule has 0 saturated carbocycles. The number of rotatable bonds is 4. The van der Waals surface area contributed by atoms with Crippen LogP contribution in [0, 0.1) is 6.92 Å². The van der Waals surface area contributed by atoms with Gasteiger partial charge < -0.3 is 10.2 Å². The van der Waals surface area contributed by atoms with Crippen LogP contribution < -0.4 is 5.32 Å². The molecule has 0 radical (unpaired) electrons. The summed E-state index contributed by atoms with van der Waals surface area (Å²) in [5, 5.41) is 3.11. The number of aryl methyl sites for hydroxylation is 1. The number of hydrogen-bond acceptors (Lipinski definition) is 3. The smallest absolute Gasteiger partial charge is 0.317 e. The van der Waals surface area contributed by atoms with Crippen molar-refractivity contribution in [3.8, 4) is 0 Å². The van der Waals surface area contributed by atoms with E-state index in [4.69, 9.17) is 0 Å². The summed E-state index contributed by atoms with van der Waals surface area (Å²) < 4.78 is 0. The van der Waals surface area contributed by atoms with Crippen molar-refractivity contribution in [2.24, 2.45) is 0 Å². The molecule has 25 heavy (non-hydrogen) atoms. The number of hydrogen-bond donors (Lipinski definition) is 1. The minimum absolute atomic E-state index is 0.0136. The van der Waals surface area contributed by atoms with E-state index in [1.54, 1.807) is 0 Å². The summed E-state index contributed by atoms with van der Waals surface area (Å²) in [5.41, 5.74) is 3.44. The molecule has 1 N–H and O–H groups in total. The van der Waals surface area contributed by atoms with Crippen molar-refractivity contribution in [2.75, 3.05) is 26.2 Å². The van der Waals surface area contributed by atoms with E-state index < -0.39 is 0 Å². The number of nitrogens with one attached hydrogen (secondary N) is 1. The number of aromatic nitrogens is 1. The lowest BCUT2D eigenvalue weighted by Crippen LogP contribution is -2.51. The first kappa shape index (κ1) is 17.4. The normalized spacial score (nSPS) is 16.5. The van der Waals surface area contributed by atoms with Crippen molar-refractivity contribution in [1.29, 1.82) is 0 Å². The summed E-state index contributed by atoms with van der Waals surface area (Å²) in [4.78, 5) is 21.1. The largest absolute Gasteiger partial charge is 0.331 e. The van der Waals surface area contributed by atoms with Crippen LogP contribution in [0.4, 0.5) is 4.79 Å². The summed E-state index contributed by atoms with van der Waals surface area (Å²) in [6, 6.07) is 14.3. The molecule has 2 amide bonds. The minimum Gasteiger partial charge on any atom is -0.331 e. The molecular formula is C20H26N4O. The topological polar surface area (TPSA) is 48.5 Å². The number of amides is 2. The van der Waals surface area contributed by atoms with Crippen LogP contribution in [0.5, 0.6) is 0 Å². The van der Waals surface area contributed by atoms with Crippen molar-refractivity contribution in [3.05, 3.63) is 65.5 Å². The third-order valence-electron chi connectivity index (χ3n) is 4.69. The van der Waals surface area contributed by atoms with Crippen molar-refractivity contribution in [3.63, 3.8) is 0 Å². The molecule has 0 bridgehead atoms. The van der Waals surface area contributed by atoms with Gasteiger partial charge in [0.25, 0.3) is 0 Å². The number of carbonyl (C=O) groups excluding carboxylic acids is 1. The standard InChI is InChI=1S/C20H26N4O/c1-16-6-8-18(9-7-16)17(2)22-20(25)24-13-11-23(12-14-24)15-19-5-3-4-10-21-19/h3-10,17H,11-15H2,1-2H3,(H,22,25)/t17-/m0/s1. The molecule has 0 unspecified atom stereocenters. The fourth-order valence-corrected chi connectivity index (χ4v) is 3.04. The van der Waals surface area contributed by atoms with E-state index in [2.05, 4.69) is 46.4 Å². The minimum atomic E-state index is 0.0136. The number of pyridine rings is 1. The molecular weight excluding hydrogens is 312 g/mol. The highest BCUT2D eigenvalue weighted by molar-refractivity contribution is 5.74. The van der Waals surface area contributed by atoms with Crippen LogP contribution in [0.15, 0.2) is 48.7 Å². The number of nitrogens with zero attached hydrogens (tertiary/aromatic N) is 3. The summed E-state index contributed by atoms with van der Waals surface area (Å²) in [5.74, 6) is 0. The van der Waals surface area contributed by atoms with Crippen LogP contribution in [-0.4, -0.2) is 47.0 Å². The predicted octanol–water partition coefficient (Wildman–Crippen LogP) is 2.98. The second-order valence-electron chi connectivity index (χ2n) is 6.67. The Morgan fingerprint density at radius 3 is 2.48 bits per heavy atom. The molecule has 1 saturated heterocycles. The third kappa shape index (κ3) is 4.79. The summed E-state index contributed by atoms with van der Waals surface area (Å²) >= 11 is 0. The maximum absolute atomic E-state index is 12.5. The van der Waals surface area contributed by atoms with Crippen LogP contribution in [0.1, 0.15) is 29.8 Å². The lowest BCUT2D eigenvalue weighted by Gasteiger charge is -2.35. The van der Waals surface area contributed by atoms with Crippen molar-refractivity contribution >= 4 is 6.03 Å². The Morgan fingerprint density at radius 2 is 1.84 bits per heavy atom. The fourth-order valence-electron chi connectivity index (χ4n) is 3.04. The monoisotopic (exact) mass is 338 g/mol. The first-order chi connectivity index (χ1) is 12.1. The second kappa shape index (κ2) is 8.12. The summed E-state index contributed by atoms with van der Waals surface area (Å²) in [7, 11) is 0. The Kier molecular flexibility index (Phi) is 5.66. The Morgan fingerprint density at radius 1 is 1.12 bits per heavy atom. The highest BCUT2D eigenvalue weighted by Gasteiger charge is 2.22. The summed E-state index contributed by atoms with van der Waals surface area (Å²) in [6.45, 7) is 8.19. The van der Waals surface area contributed by atoms with Gasteiger partial charge in [0.1, 0.15) is 0 Å². The van der Waals surface area contributed by atoms with Gasteiger partial charge in [-0.1, -0.05) is 35.9 Å². The second-order valence-corrected chi connectivity index (χ2v) is 6.67. The number of urea groups is 1. The average molecular weight is 338 g/mol. The van der Waals surface area contributed by atoms with Gasteiger partial charge in [0.05, 0.1) is 11.7 Å². The van der Waals surface area contributed by atoms with Gasteiger partial charge in [0, 0.05) is 38.9 Å². The average Bonchev–Trinajstić information content (AvgIpc) is 2.63. The van der Waals surface area contributed by atoms with Crippen molar-refractivity contribution < 1.29 is 4.79 Å². The van der Waals surface area contributed by atoms with Gasteiger partial charge in [-0.25, -0.2) is 4.79 Å². The number of benzene rings is 1. The zero-order chi connectivity index (χ0) is 17.6. The zero-order valence-corrected chi connectivity index (χ0v) is 15.0. The summed E-state index contributed by atoms with van der Waals surface area (Å²) in [6.07, 6.45) is 1.82. The maximum atomic E-state index is 12.5. The molecule has 1 fully saturated rings. The molecule has 3 rings (SSSR count). The molecule has 1 aliphatic rings. The Hall–Kier alpha value is -2.40.